The van der Waals surface area contributed by atoms with Crippen molar-refractivity contribution in [3.63, 3.8) is 0 Å². The third kappa shape index (κ3) is 4.73. The van der Waals surface area contributed by atoms with E-state index in [-0.39, 0.29) is 0 Å². The number of hydrogen-bond acceptors (Lipinski definition) is 2. The van der Waals surface area contributed by atoms with Gasteiger partial charge in [-0.25, -0.2) is 0 Å². The van der Waals surface area contributed by atoms with Gasteiger partial charge in [-0.15, -0.1) is 11.3 Å². The molecule has 0 unspecified atom stereocenters. The van der Waals surface area contributed by atoms with Gasteiger partial charge in [-0.05, 0) is 35.9 Å². The van der Waals surface area contributed by atoms with Crippen molar-refractivity contribution >= 4 is 17.2 Å². The van der Waals surface area contributed by atoms with Crippen molar-refractivity contribution in [3.05, 3.63) is 46.4 Å². The van der Waals surface area contributed by atoms with E-state index in [0.29, 0.717) is 18.9 Å². The molecule has 0 bridgehead atoms. The topological polar surface area (TPSA) is 25.2 Å². The van der Waals surface area contributed by atoms with Crippen LogP contribution in [0.2, 0.25) is 0 Å². The molecule has 1 aliphatic carbocycles. The number of carbonyl (C=O) groups is 1. The van der Waals surface area contributed by atoms with E-state index in [9.17, 15) is 4.79 Å². The third-order valence-electron chi connectivity index (χ3n) is 5.17. The second-order valence-corrected chi connectivity index (χ2v) is 8.01. The van der Waals surface area contributed by atoms with Crippen LogP contribution in [0.15, 0.2) is 35.8 Å². The highest BCUT2D eigenvalue weighted by atomic mass is 32.1. The van der Waals surface area contributed by atoms with Gasteiger partial charge in [0.25, 0.3) is 0 Å². The molecule has 0 N–H and O–H groups in total. The maximum atomic E-state index is 12.9. The molecule has 0 saturated heterocycles. The van der Waals surface area contributed by atoms with Crippen LogP contribution in [0.3, 0.4) is 0 Å². The molecule has 0 spiro atoms. The van der Waals surface area contributed by atoms with E-state index in [0.717, 1.165) is 18.9 Å². The molecule has 3 rings (SSSR count). The van der Waals surface area contributed by atoms with Crippen LogP contribution >= 0.6 is 11.3 Å². The maximum absolute atomic E-state index is 12.9. The number of thiophene rings is 1. The molecule has 1 amide bonds. The Morgan fingerprint density at radius 3 is 2.71 bits per heavy atom. The summed E-state index contributed by atoms with van der Waals surface area (Å²) in [7, 11) is 2.05. The lowest BCUT2D eigenvalue weighted by Crippen LogP contribution is -2.30. The molecule has 3 nitrogen and oxygen atoms in total. The van der Waals surface area contributed by atoms with Crippen molar-refractivity contribution in [1.29, 1.82) is 0 Å². The third-order valence-corrected chi connectivity index (χ3v) is 6.04. The smallest absolute Gasteiger partial charge is 0.223 e. The first kappa shape index (κ1) is 17.3. The predicted octanol–water partition coefficient (Wildman–Crippen LogP) is 4.98. The Hall–Kier alpha value is -1.55. The van der Waals surface area contributed by atoms with Crippen molar-refractivity contribution in [2.45, 2.75) is 58.0 Å². The molecule has 2 aromatic heterocycles. The summed E-state index contributed by atoms with van der Waals surface area (Å²) in [6.07, 6.45) is 10.5. The van der Waals surface area contributed by atoms with Crippen LogP contribution in [0.5, 0.6) is 0 Å². The minimum absolute atomic E-state index is 0.301. The zero-order valence-electron chi connectivity index (χ0n) is 14.6. The number of nitrogens with zero attached hydrogens (tertiary/aromatic N) is 2. The Morgan fingerprint density at radius 1 is 1.21 bits per heavy atom. The zero-order valence-corrected chi connectivity index (χ0v) is 15.4. The molecule has 130 valence electrons. The Labute approximate surface area is 149 Å². The van der Waals surface area contributed by atoms with Gasteiger partial charge in [0.15, 0.2) is 0 Å². The average molecular weight is 345 g/mol. The van der Waals surface area contributed by atoms with E-state index in [1.54, 1.807) is 11.3 Å². The minimum atomic E-state index is 0.301. The van der Waals surface area contributed by atoms with Gasteiger partial charge in [-0.3, -0.25) is 4.79 Å². The van der Waals surface area contributed by atoms with Crippen molar-refractivity contribution in [2.75, 3.05) is 0 Å². The molecule has 2 heterocycles. The van der Waals surface area contributed by atoms with E-state index in [1.807, 2.05) is 24.2 Å². The number of aryl methyl sites for hydroxylation is 1. The molecule has 1 fully saturated rings. The Bertz CT molecular complexity index is 626. The van der Waals surface area contributed by atoms with Crippen molar-refractivity contribution in [1.82, 2.24) is 9.47 Å². The van der Waals surface area contributed by atoms with Crippen LogP contribution in [-0.2, 0) is 24.9 Å². The highest BCUT2D eigenvalue weighted by molar-refractivity contribution is 7.09. The highest BCUT2D eigenvalue weighted by Crippen LogP contribution is 2.28. The first-order chi connectivity index (χ1) is 11.7. The van der Waals surface area contributed by atoms with Gasteiger partial charge in [-0.2, -0.15) is 0 Å². The SMILES string of the molecule is Cn1cccc1CN(Cc1cccs1)C(=O)CCC1CCCCC1. The second kappa shape index (κ2) is 8.52. The molecule has 0 aromatic carbocycles. The van der Waals surface area contributed by atoms with Crippen molar-refractivity contribution < 1.29 is 4.79 Å². The van der Waals surface area contributed by atoms with Crippen LogP contribution < -0.4 is 0 Å². The lowest BCUT2D eigenvalue weighted by Gasteiger charge is -2.25. The number of aromatic nitrogens is 1. The highest BCUT2D eigenvalue weighted by Gasteiger charge is 2.19. The number of rotatable bonds is 7. The molecule has 1 saturated carbocycles. The van der Waals surface area contributed by atoms with E-state index >= 15 is 0 Å². The van der Waals surface area contributed by atoms with Gasteiger partial charge in [0.05, 0.1) is 13.1 Å². The normalized spacial score (nSPS) is 15.5. The Kier molecular flexibility index (Phi) is 6.13. The summed E-state index contributed by atoms with van der Waals surface area (Å²) in [5.74, 6) is 1.07. The van der Waals surface area contributed by atoms with Crippen LogP contribution in [0.1, 0.15) is 55.5 Å². The van der Waals surface area contributed by atoms with E-state index in [2.05, 4.69) is 28.1 Å². The van der Waals surface area contributed by atoms with Gasteiger partial charge in [0.2, 0.25) is 5.91 Å². The minimum Gasteiger partial charge on any atom is -0.353 e. The molecule has 1 aliphatic rings. The standard InChI is InChI=1S/C20H28N2OS/c1-21-13-5-9-18(21)15-22(16-19-10-6-14-24-19)20(23)12-11-17-7-3-2-4-8-17/h5-6,9-10,13-14,17H,2-4,7-8,11-12,15-16H2,1H3. The number of carbonyl (C=O) groups excluding carboxylic acids is 1. The van der Waals surface area contributed by atoms with Crippen LogP contribution in [0, 0.1) is 5.92 Å². The van der Waals surface area contributed by atoms with Gasteiger partial charge in [0.1, 0.15) is 0 Å². The zero-order chi connectivity index (χ0) is 16.8. The molecule has 2 aromatic rings. The fraction of sp³-hybridized carbons (Fsp3) is 0.550. The number of hydrogen-bond donors (Lipinski definition) is 0. The summed E-state index contributed by atoms with van der Waals surface area (Å²) >= 11 is 1.73. The quantitative estimate of drug-likeness (QED) is 0.696. The Balaban J connectivity index is 1.61. The molecule has 0 radical (unpaired) electrons. The molecular weight excluding hydrogens is 316 g/mol. The van der Waals surface area contributed by atoms with Crippen LogP contribution in [0.4, 0.5) is 0 Å². The van der Waals surface area contributed by atoms with E-state index < -0.39 is 0 Å². The molecular formula is C20H28N2OS. The summed E-state index contributed by atoms with van der Waals surface area (Å²) in [6.45, 7) is 1.43. The summed E-state index contributed by atoms with van der Waals surface area (Å²) in [6, 6.07) is 8.34. The van der Waals surface area contributed by atoms with Gasteiger partial charge >= 0.3 is 0 Å². The first-order valence-electron chi connectivity index (χ1n) is 9.13. The molecule has 0 atom stereocenters. The Morgan fingerprint density at radius 2 is 2.04 bits per heavy atom. The lowest BCUT2D eigenvalue weighted by atomic mass is 9.86. The van der Waals surface area contributed by atoms with Crippen LogP contribution in [-0.4, -0.2) is 15.4 Å². The molecule has 4 heteroatoms. The second-order valence-electron chi connectivity index (χ2n) is 6.98. The predicted molar refractivity (Wildman–Crippen MR) is 99.8 cm³/mol. The lowest BCUT2D eigenvalue weighted by molar-refractivity contribution is -0.132. The summed E-state index contributed by atoms with van der Waals surface area (Å²) in [4.78, 5) is 16.2. The van der Waals surface area contributed by atoms with E-state index in [1.165, 1.54) is 42.7 Å². The average Bonchev–Trinajstić information content (AvgIpc) is 3.25. The van der Waals surface area contributed by atoms with Gasteiger partial charge in [-0.1, -0.05) is 38.2 Å². The summed E-state index contributed by atoms with van der Waals surface area (Å²) in [5.41, 5.74) is 1.19. The van der Waals surface area contributed by atoms with Gasteiger partial charge in [0, 0.05) is 30.2 Å². The maximum Gasteiger partial charge on any atom is 0.223 e. The largest absolute Gasteiger partial charge is 0.353 e. The summed E-state index contributed by atoms with van der Waals surface area (Å²) < 4.78 is 2.11. The first-order valence-corrected chi connectivity index (χ1v) is 10.0. The monoisotopic (exact) mass is 344 g/mol. The van der Waals surface area contributed by atoms with Crippen molar-refractivity contribution in [3.8, 4) is 0 Å². The fourth-order valence-electron chi connectivity index (χ4n) is 3.64. The van der Waals surface area contributed by atoms with Crippen molar-refractivity contribution in [2.24, 2.45) is 13.0 Å². The van der Waals surface area contributed by atoms with Gasteiger partial charge < -0.3 is 9.47 Å². The molecule has 24 heavy (non-hydrogen) atoms. The van der Waals surface area contributed by atoms with E-state index in [4.69, 9.17) is 0 Å². The number of amides is 1. The molecule has 0 aliphatic heterocycles. The fourth-order valence-corrected chi connectivity index (χ4v) is 4.36. The summed E-state index contributed by atoms with van der Waals surface area (Å²) in [5, 5.41) is 2.09. The van der Waals surface area contributed by atoms with Crippen LogP contribution in [0.25, 0.3) is 0 Å².